The van der Waals surface area contributed by atoms with E-state index in [0.29, 0.717) is 17.3 Å². The minimum Gasteiger partial charge on any atom is -0.481 e. The summed E-state index contributed by atoms with van der Waals surface area (Å²) in [5.41, 5.74) is 2.42. The Morgan fingerprint density at radius 3 is 2.18 bits per heavy atom. The zero-order chi connectivity index (χ0) is 15.9. The van der Waals surface area contributed by atoms with E-state index < -0.39 is 11.2 Å². The summed E-state index contributed by atoms with van der Waals surface area (Å²) >= 11 is 0.683. The highest BCUT2D eigenvalue weighted by Crippen LogP contribution is 2.23. The zero-order valence-corrected chi connectivity index (χ0v) is 12.4. The molecular weight excluding hydrogens is 298 g/mol. The average molecular weight is 311 g/mol. The van der Waals surface area contributed by atoms with Crippen molar-refractivity contribution in [1.29, 1.82) is 5.26 Å². The van der Waals surface area contributed by atoms with E-state index in [1.807, 2.05) is 42.5 Å². The topological polar surface area (TPSA) is 78.2 Å². The van der Waals surface area contributed by atoms with Gasteiger partial charge in [0.15, 0.2) is 5.78 Å². The minimum atomic E-state index is -1.10. The zero-order valence-electron chi connectivity index (χ0n) is 11.6. The SMILES string of the molecule is N#CSC(CC(=O)O)C(=O)c1ccc(-c2ccccc2)cc1. The Kier molecular flexibility index (Phi) is 5.34. The number of thiocyanates is 1. The van der Waals surface area contributed by atoms with Gasteiger partial charge in [-0.3, -0.25) is 9.59 Å². The third-order valence-electron chi connectivity index (χ3n) is 3.12. The van der Waals surface area contributed by atoms with Crippen LogP contribution in [-0.4, -0.2) is 22.1 Å². The molecule has 5 heteroatoms. The van der Waals surface area contributed by atoms with Crippen LogP contribution in [-0.2, 0) is 4.79 Å². The molecule has 110 valence electrons. The molecule has 0 aromatic heterocycles. The molecule has 0 heterocycles. The number of rotatable bonds is 6. The number of benzene rings is 2. The number of carboxylic acid groups (broad SMARTS) is 1. The largest absolute Gasteiger partial charge is 0.481 e. The smallest absolute Gasteiger partial charge is 0.304 e. The molecular formula is C17H13NO3S. The Morgan fingerprint density at radius 2 is 1.64 bits per heavy atom. The molecule has 2 aromatic rings. The van der Waals surface area contributed by atoms with Crippen LogP contribution in [0.1, 0.15) is 16.8 Å². The predicted octanol–water partition coefficient (Wildman–Crippen LogP) is 3.59. The van der Waals surface area contributed by atoms with Crippen molar-refractivity contribution in [2.24, 2.45) is 0 Å². The van der Waals surface area contributed by atoms with Crippen molar-refractivity contribution in [2.45, 2.75) is 11.7 Å². The molecule has 0 saturated carbocycles. The van der Waals surface area contributed by atoms with Gasteiger partial charge in [-0.2, -0.15) is 5.26 Å². The summed E-state index contributed by atoms with van der Waals surface area (Å²) in [6.07, 6.45) is -0.364. The first-order chi connectivity index (χ1) is 10.6. The monoisotopic (exact) mass is 311 g/mol. The number of Topliss-reactive ketones (excluding diaryl/α,β-unsaturated/α-hetero) is 1. The van der Waals surface area contributed by atoms with E-state index in [9.17, 15) is 9.59 Å². The number of aliphatic carboxylic acids is 1. The molecule has 0 radical (unpaired) electrons. The van der Waals surface area contributed by atoms with Crippen LogP contribution in [0.5, 0.6) is 0 Å². The lowest BCUT2D eigenvalue weighted by molar-refractivity contribution is -0.136. The van der Waals surface area contributed by atoms with Crippen LogP contribution < -0.4 is 0 Å². The van der Waals surface area contributed by atoms with E-state index >= 15 is 0 Å². The van der Waals surface area contributed by atoms with Gasteiger partial charge in [0.25, 0.3) is 0 Å². The molecule has 1 unspecified atom stereocenters. The van der Waals surface area contributed by atoms with Crippen molar-refractivity contribution < 1.29 is 14.7 Å². The van der Waals surface area contributed by atoms with Gasteiger partial charge in [-0.25, -0.2) is 0 Å². The quantitative estimate of drug-likeness (QED) is 0.651. The Morgan fingerprint density at radius 1 is 1.05 bits per heavy atom. The second kappa shape index (κ2) is 7.43. The Labute approximate surface area is 132 Å². The van der Waals surface area contributed by atoms with Gasteiger partial charge >= 0.3 is 5.97 Å². The molecule has 4 nitrogen and oxygen atoms in total. The van der Waals surface area contributed by atoms with E-state index in [4.69, 9.17) is 10.4 Å². The number of carboxylic acids is 1. The van der Waals surface area contributed by atoms with E-state index in [0.717, 1.165) is 11.1 Å². The summed E-state index contributed by atoms with van der Waals surface area (Å²) in [6.45, 7) is 0. The Balaban J connectivity index is 2.20. The van der Waals surface area contributed by atoms with E-state index in [-0.39, 0.29) is 12.2 Å². The van der Waals surface area contributed by atoms with Gasteiger partial charge in [0.1, 0.15) is 5.40 Å². The second-order valence-electron chi connectivity index (χ2n) is 4.60. The molecule has 0 aliphatic carbocycles. The van der Waals surface area contributed by atoms with Crippen LogP contribution in [0.3, 0.4) is 0 Å². The van der Waals surface area contributed by atoms with Gasteiger partial charge in [-0.05, 0) is 22.9 Å². The number of carbonyl (C=O) groups is 2. The van der Waals surface area contributed by atoms with E-state index in [1.54, 1.807) is 17.5 Å². The number of nitrogens with zero attached hydrogens (tertiary/aromatic N) is 1. The Hall–Kier alpha value is -2.58. The lowest BCUT2D eigenvalue weighted by Gasteiger charge is -2.10. The lowest BCUT2D eigenvalue weighted by atomic mass is 10.0. The van der Waals surface area contributed by atoms with Crippen LogP contribution in [0, 0.1) is 10.7 Å². The van der Waals surface area contributed by atoms with Gasteiger partial charge < -0.3 is 5.11 Å². The summed E-state index contributed by atoms with van der Waals surface area (Å²) in [6, 6.07) is 16.7. The summed E-state index contributed by atoms with van der Waals surface area (Å²) in [7, 11) is 0. The van der Waals surface area contributed by atoms with Gasteiger partial charge in [0, 0.05) is 5.56 Å². The number of carbonyl (C=O) groups excluding carboxylic acids is 1. The van der Waals surface area contributed by atoms with E-state index in [2.05, 4.69) is 0 Å². The first-order valence-electron chi connectivity index (χ1n) is 6.58. The number of hydrogen-bond donors (Lipinski definition) is 1. The van der Waals surface area contributed by atoms with Crippen molar-refractivity contribution in [3.63, 3.8) is 0 Å². The summed E-state index contributed by atoms with van der Waals surface area (Å²) in [5, 5.41) is 18.4. The molecule has 0 aliphatic heterocycles. The fraction of sp³-hybridized carbons (Fsp3) is 0.118. The molecule has 2 rings (SSSR count). The summed E-state index contributed by atoms with van der Waals surface area (Å²) < 4.78 is 0. The lowest BCUT2D eigenvalue weighted by Crippen LogP contribution is -2.20. The maximum absolute atomic E-state index is 12.3. The molecule has 0 bridgehead atoms. The molecule has 1 N–H and O–H groups in total. The highest BCUT2D eigenvalue weighted by atomic mass is 32.2. The number of thioether (sulfide) groups is 1. The molecule has 0 spiro atoms. The van der Waals surface area contributed by atoms with Crippen molar-refractivity contribution >= 4 is 23.5 Å². The molecule has 1 atom stereocenters. The van der Waals surface area contributed by atoms with Crippen LogP contribution in [0.4, 0.5) is 0 Å². The maximum Gasteiger partial charge on any atom is 0.304 e. The Bertz CT molecular complexity index is 705. The highest BCUT2D eigenvalue weighted by Gasteiger charge is 2.23. The first kappa shape index (κ1) is 15.8. The van der Waals surface area contributed by atoms with Crippen LogP contribution in [0.2, 0.25) is 0 Å². The van der Waals surface area contributed by atoms with Crippen LogP contribution >= 0.6 is 11.8 Å². The van der Waals surface area contributed by atoms with Crippen molar-refractivity contribution in [2.75, 3.05) is 0 Å². The first-order valence-corrected chi connectivity index (χ1v) is 7.46. The van der Waals surface area contributed by atoms with E-state index in [1.165, 1.54) is 0 Å². The van der Waals surface area contributed by atoms with Crippen molar-refractivity contribution in [3.05, 3.63) is 60.2 Å². The predicted molar refractivity (Wildman–Crippen MR) is 85.5 cm³/mol. The fourth-order valence-corrected chi connectivity index (χ4v) is 2.65. The standard InChI is InChI=1S/C17H13NO3S/c18-11-22-15(10-16(19)20)17(21)14-8-6-13(7-9-14)12-4-2-1-3-5-12/h1-9,15H,10H2,(H,19,20). The van der Waals surface area contributed by atoms with Crippen molar-refractivity contribution in [3.8, 4) is 16.5 Å². The molecule has 0 saturated heterocycles. The van der Waals surface area contributed by atoms with Crippen LogP contribution in [0.15, 0.2) is 54.6 Å². The van der Waals surface area contributed by atoms with Gasteiger partial charge in [0.2, 0.25) is 0 Å². The maximum atomic E-state index is 12.3. The third-order valence-corrected chi connectivity index (χ3v) is 3.89. The normalized spacial score (nSPS) is 11.4. The van der Waals surface area contributed by atoms with Crippen molar-refractivity contribution in [1.82, 2.24) is 0 Å². The summed E-state index contributed by atoms with van der Waals surface area (Å²) in [4.78, 5) is 23.1. The molecule has 0 aliphatic rings. The molecule has 0 fully saturated rings. The van der Waals surface area contributed by atoms with Gasteiger partial charge in [0.05, 0.1) is 11.7 Å². The molecule has 22 heavy (non-hydrogen) atoms. The van der Waals surface area contributed by atoms with Gasteiger partial charge in [-0.1, -0.05) is 54.6 Å². The highest BCUT2D eigenvalue weighted by molar-refractivity contribution is 8.05. The summed E-state index contributed by atoms with van der Waals surface area (Å²) in [5.74, 6) is -1.43. The third kappa shape index (κ3) is 3.96. The molecule has 0 amide bonds. The van der Waals surface area contributed by atoms with Gasteiger partial charge in [-0.15, -0.1) is 0 Å². The fourth-order valence-electron chi connectivity index (χ4n) is 2.05. The van der Waals surface area contributed by atoms with Crippen LogP contribution in [0.25, 0.3) is 11.1 Å². The average Bonchev–Trinajstić information content (AvgIpc) is 2.54. The second-order valence-corrected chi connectivity index (χ2v) is 5.59. The minimum absolute atomic E-state index is 0.339. The number of nitriles is 1. The number of hydrogen-bond acceptors (Lipinski definition) is 4. The number of ketones is 1. The molecule has 2 aromatic carbocycles.